The number of nitrogen functional groups attached to an aromatic ring is 1. The maximum atomic E-state index is 14.4. The van der Waals surface area contributed by atoms with Gasteiger partial charge in [0.25, 0.3) is 5.91 Å². The van der Waals surface area contributed by atoms with Crippen LogP contribution in [0.3, 0.4) is 0 Å². The Morgan fingerprint density at radius 1 is 1.13 bits per heavy atom. The maximum absolute atomic E-state index is 14.4. The third kappa shape index (κ3) is 4.27. The number of anilines is 1. The van der Waals surface area contributed by atoms with Crippen LogP contribution in [0.15, 0.2) is 54.9 Å². The van der Waals surface area contributed by atoms with E-state index in [-0.39, 0.29) is 22.4 Å². The molecule has 3 aromatic rings. The lowest BCUT2D eigenvalue weighted by Crippen LogP contribution is -2.28. The van der Waals surface area contributed by atoms with E-state index in [1.54, 1.807) is 19.1 Å². The van der Waals surface area contributed by atoms with Gasteiger partial charge < -0.3 is 11.1 Å². The molecule has 8 heteroatoms. The molecule has 156 valence electrons. The van der Waals surface area contributed by atoms with Crippen molar-refractivity contribution in [2.24, 2.45) is 0 Å². The molecule has 30 heavy (non-hydrogen) atoms. The maximum Gasteiger partial charge on any atom is 0.416 e. The summed E-state index contributed by atoms with van der Waals surface area (Å²) in [5.74, 6) is -1.22. The van der Waals surface area contributed by atoms with E-state index in [1.807, 2.05) is 0 Å². The van der Waals surface area contributed by atoms with E-state index in [0.717, 1.165) is 12.1 Å². The number of aromatic nitrogens is 1. The first-order chi connectivity index (χ1) is 14.1. The number of carbonyl (C=O) groups excluding carboxylic acids is 1. The summed E-state index contributed by atoms with van der Waals surface area (Å²) in [6.45, 7) is 2.93. The minimum Gasteiger partial charge on any atom is -0.398 e. The van der Waals surface area contributed by atoms with Gasteiger partial charge in [0.2, 0.25) is 0 Å². The van der Waals surface area contributed by atoms with E-state index in [9.17, 15) is 22.4 Å². The first-order valence-corrected chi connectivity index (χ1v) is 9.06. The molecule has 0 fully saturated rings. The predicted octanol–water partition coefficient (Wildman–Crippen LogP) is 5.29. The molecule has 0 spiro atoms. The number of amides is 1. The molecule has 0 aliphatic heterocycles. The van der Waals surface area contributed by atoms with Gasteiger partial charge in [0.1, 0.15) is 5.82 Å². The van der Waals surface area contributed by atoms with Crippen LogP contribution in [-0.4, -0.2) is 10.9 Å². The summed E-state index contributed by atoms with van der Waals surface area (Å²) < 4.78 is 53.9. The van der Waals surface area contributed by atoms with Gasteiger partial charge in [0.05, 0.1) is 17.2 Å². The third-order valence-corrected chi connectivity index (χ3v) is 4.87. The topological polar surface area (TPSA) is 68.0 Å². The molecule has 1 amide bonds. The van der Waals surface area contributed by atoms with Gasteiger partial charge in [0, 0.05) is 23.6 Å². The highest BCUT2D eigenvalue weighted by molar-refractivity contribution is 6.00. The average Bonchev–Trinajstić information content (AvgIpc) is 2.67. The van der Waals surface area contributed by atoms with Gasteiger partial charge in [-0.25, -0.2) is 4.39 Å². The number of nitrogens with one attached hydrogen (secondary N) is 1. The summed E-state index contributed by atoms with van der Waals surface area (Å²) in [5, 5.41) is 2.65. The molecular formula is C22H19F4N3O. The third-order valence-electron chi connectivity index (χ3n) is 4.87. The summed E-state index contributed by atoms with van der Waals surface area (Å²) in [5.41, 5.74) is 6.06. The summed E-state index contributed by atoms with van der Waals surface area (Å²) in [7, 11) is 0. The Bertz CT molecular complexity index is 1080. The lowest BCUT2D eigenvalue weighted by atomic mass is 9.96. The molecule has 0 saturated heterocycles. The monoisotopic (exact) mass is 417 g/mol. The van der Waals surface area contributed by atoms with E-state index >= 15 is 0 Å². The molecule has 0 radical (unpaired) electrons. The minimum atomic E-state index is -4.50. The number of rotatable bonds is 4. The SMILES string of the molecule is Cc1c([C@@H](C)NC(=O)c2cc(-c3ccncc3)c(F)cc2N)cccc1C(F)(F)F. The van der Waals surface area contributed by atoms with Crippen molar-refractivity contribution < 1.29 is 22.4 Å². The van der Waals surface area contributed by atoms with Crippen LogP contribution in [-0.2, 0) is 6.18 Å². The predicted molar refractivity (Wildman–Crippen MR) is 106 cm³/mol. The van der Waals surface area contributed by atoms with Crippen molar-refractivity contribution in [2.45, 2.75) is 26.1 Å². The molecule has 0 aliphatic rings. The fourth-order valence-electron chi connectivity index (χ4n) is 3.32. The fraction of sp³-hybridized carbons (Fsp3) is 0.182. The van der Waals surface area contributed by atoms with Crippen LogP contribution in [0, 0.1) is 12.7 Å². The number of hydrogen-bond donors (Lipinski definition) is 2. The summed E-state index contributed by atoms with van der Waals surface area (Å²) >= 11 is 0. The highest BCUT2D eigenvalue weighted by Crippen LogP contribution is 2.34. The summed E-state index contributed by atoms with van der Waals surface area (Å²) in [6, 6.07) is 8.62. The molecule has 0 saturated carbocycles. The Morgan fingerprint density at radius 2 is 1.80 bits per heavy atom. The van der Waals surface area contributed by atoms with E-state index in [4.69, 9.17) is 5.73 Å². The largest absolute Gasteiger partial charge is 0.416 e. The Morgan fingerprint density at radius 3 is 2.43 bits per heavy atom. The van der Waals surface area contributed by atoms with Gasteiger partial charge in [-0.3, -0.25) is 9.78 Å². The van der Waals surface area contributed by atoms with Crippen molar-refractivity contribution in [1.29, 1.82) is 0 Å². The molecule has 4 nitrogen and oxygen atoms in total. The van der Waals surface area contributed by atoms with Crippen LogP contribution in [0.5, 0.6) is 0 Å². The number of nitrogens with two attached hydrogens (primary N) is 1. The van der Waals surface area contributed by atoms with Crippen LogP contribution < -0.4 is 11.1 Å². The van der Waals surface area contributed by atoms with Crippen LogP contribution in [0.4, 0.5) is 23.2 Å². The van der Waals surface area contributed by atoms with Crippen molar-refractivity contribution in [3.63, 3.8) is 0 Å². The Hall–Kier alpha value is -3.42. The van der Waals surface area contributed by atoms with Crippen molar-refractivity contribution in [3.8, 4) is 11.1 Å². The number of benzene rings is 2. The van der Waals surface area contributed by atoms with Crippen LogP contribution in [0.25, 0.3) is 11.1 Å². The number of alkyl halides is 3. The lowest BCUT2D eigenvalue weighted by Gasteiger charge is -2.20. The fourth-order valence-corrected chi connectivity index (χ4v) is 3.32. The van der Waals surface area contributed by atoms with Crippen LogP contribution in [0.2, 0.25) is 0 Å². The lowest BCUT2D eigenvalue weighted by molar-refractivity contribution is -0.138. The molecule has 3 rings (SSSR count). The smallest absolute Gasteiger partial charge is 0.398 e. The van der Waals surface area contributed by atoms with Gasteiger partial charge in [0.15, 0.2) is 0 Å². The van der Waals surface area contributed by atoms with Gasteiger partial charge >= 0.3 is 6.18 Å². The van der Waals surface area contributed by atoms with Gasteiger partial charge in [-0.1, -0.05) is 12.1 Å². The molecule has 3 N–H and O–H groups in total. The standard InChI is InChI=1S/C22H19F4N3O/c1-12-15(4-3-5-18(12)22(24,25)26)13(2)29-21(30)17-10-16(19(23)11-20(17)27)14-6-8-28-9-7-14/h3-11,13H,27H2,1-2H3,(H,29,30)/t13-/m1/s1. The van der Waals surface area contributed by atoms with Gasteiger partial charge in [-0.05, 0) is 60.9 Å². The molecule has 2 aromatic carbocycles. The zero-order valence-electron chi connectivity index (χ0n) is 16.2. The molecule has 1 atom stereocenters. The Labute approximate surface area is 170 Å². The van der Waals surface area contributed by atoms with Crippen LogP contribution in [0.1, 0.15) is 40.0 Å². The highest BCUT2D eigenvalue weighted by atomic mass is 19.4. The van der Waals surface area contributed by atoms with E-state index in [0.29, 0.717) is 11.1 Å². The molecule has 0 aliphatic carbocycles. The minimum absolute atomic E-state index is 0.0275. The average molecular weight is 417 g/mol. The Kier molecular flexibility index (Phi) is 5.78. The van der Waals surface area contributed by atoms with E-state index < -0.39 is 29.5 Å². The number of hydrogen-bond acceptors (Lipinski definition) is 3. The zero-order chi connectivity index (χ0) is 22.1. The molecule has 1 heterocycles. The molecule has 1 aromatic heterocycles. The quantitative estimate of drug-likeness (QED) is 0.448. The number of nitrogens with zero attached hydrogens (tertiary/aromatic N) is 1. The van der Waals surface area contributed by atoms with E-state index in [1.165, 1.54) is 37.5 Å². The van der Waals surface area contributed by atoms with E-state index in [2.05, 4.69) is 10.3 Å². The van der Waals surface area contributed by atoms with Crippen molar-refractivity contribution >= 4 is 11.6 Å². The van der Waals surface area contributed by atoms with Gasteiger partial charge in [-0.15, -0.1) is 0 Å². The van der Waals surface area contributed by atoms with Gasteiger partial charge in [-0.2, -0.15) is 13.2 Å². The zero-order valence-corrected chi connectivity index (χ0v) is 16.2. The second-order valence-corrected chi connectivity index (χ2v) is 6.87. The molecular weight excluding hydrogens is 398 g/mol. The molecule has 0 bridgehead atoms. The Balaban J connectivity index is 1.92. The first kappa shape index (κ1) is 21.3. The number of halogens is 4. The van der Waals surface area contributed by atoms with Crippen molar-refractivity contribution in [2.75, 3.05) is 5.73 Å². The normalized spacial score (nSPS) is 12.5. The van der Waals surface area contributed by atoms with Crippen molar-refractivity contribution in [1.82, 2.24) is 10.3 Å². The highest BCUT2D eigenvalue weighted by Gasteiger charge is 2.33. The summed E-state index contributed by atoms with van der Waals surface area (Å²) in [4.78, 5) is 16.7. The summed E-state index contributed by atoms with van der Waals surface area (Å²) in [6.07, 6.45) is -1.52. The first-order valence-electron chi connectivity index (χ1n) is 9.06. The second kappa shape index (κ2) is 8.14. The van der Waals surface area contributed by atoms with Crippen molar-refractivity contribution in [3.05, 3.63) is 82.9 Å². The number of pyridine rings is 1. The molecule has 0 unspecified atom stereocenters. The number of carbonyl (C=O) groups is 1. The second-order valence-electron chi connectivity index (χ2n) is 6.87. The van der Waals surface area contributed by atoms with Crippen LogP contribution >= 0.6 is 0 Å².